The lowest BCUT2D eigenvalue weighted by Crippen LogP contribution is -2.45. The Labute approximate surface area is 119 Å². The van der Waals surface area contributed by atoms with Gasteiger partial charge in [0.05, 0.1) is 6.54 Å². The standard InChI is InChI=1S/C14H23N5O/c1-11(15)12-5-8-19(9-6-12)10-14(20)18-17-13-4-2-3-7-16-13/h2-4,7,11-12H,5-6,8-10,15H2,1H3,(H,16,17)(H,18,20). The zero-order valence-corrected chi connectivity index (χ0v) is 11.9. The highest BCUT2D eigenvalue weighted by molar-refractivity contribution is 5.79. The molecule has 0 spiro atoms. The zero-order valence-electron chi connectivity index (χ0n) is 11.9. The lowest BCUT2D eigenvalue weighted by Gasteiger charge is -2.33. The maximum atomic E-state index is 11.8. The number of anilines is 1. The van der Waals surface area contributed by atoms with E-state index in [1.807, 2.05) is 12.1 Å². The molecule has 110 valence electrons. The molecule has 1 amide bonds. The number of nitrogens with two attached hydrogens (primary N) is 1. The van der Waals surface area contributed by atoms with Crippen LogP contribution in [0.4, 0.5) is 5.82 Å². The van der Waals surface area contributed by atoms with Crippen LogP contribution in [0.15, 0.2) is 24.4 Å². The molecule has 20 heavy (non-hydrogen) atoms. The molecule has 1 saturated heterocycles. The van der Waals surface area contributed by atoms with Crippen molar-refractivity contribution in [1.29, 1.82) is 0 Å². The third-order valence-corrected chi connectivity index (χ3v) is 3.74. The number of pyridine rings is 1. The fourth-order valence-electron chi connectivity index (χ4n) is 2.45. The van der Waals surface area contributed by atoms with Crippen LogP contribution in [0.3, 0.4) is 0 Å². The maximum Gasteiger partial charge on any atom is 0.252 e. The molecular formula is C14H23N5O. The molecule has 6 heteroatoms. The molecule has 1 aromatic heterocycles. The summed E-state index contributed by atoms with van der Waals surface area (Å²) in [5.41, 5.74) is 11.4. The zero-order chi connectivity index (χ0) is 14.4. The molecule has 0 bridgehead atoms. The largest absolute Gasteiger partial charge is 0.328 e. The first-order valence-electron chi connectivity index (χ1n) is 7.09. The van der Waals surface area contributed by atoms with E-state index in [1.165, 1.54) is 0 Å². The highest BCUT2D eigenvalue weighted by atomic mass is 16.2. The lowest BCUT2D eigenvalue weighted by atomic mass is 9.91. The van der Waals surface area contributed by atoms with E-state index in [1.54, 1.807) is 12.3 Å². The summed E-state index contributed by atoms with van der Waals surface area (Å²) in [5.74, 6) is 1.17. The Morgan fingerprint density at radius 3 is 2.85 bits per heavy atom. The van der Waals surface area contributed by atoms with Gasteiger partial charge < -0.3 is 5.73 Å². The molecule has 0 aliphatic carbocycles. The number of hydrazine groups is 1. The molecule has 1 unspecified atom stereocenters. The second kappa shape index (κ2) is 7.21. The summed E-state index contributed by atoms with van der Waals surface area (Å²) < 4.78 is 0. The van der Waals surface area contributed by atoms with Gasteiger partial charge in [0.2, 0.25) is 0 Å². The molecule has 2 rings (SSSR count). The van der Waals surface area contributed by atoms with Gasteiger partial charge in [-0.15, -0.1) is 0 Å². The van der Waals surface area contributed by atoms with Gasteiger partial charge in [-0.1, -0.05) is 6.07 Å². The Hall–Kier alpha value is -1.66. The number of aromatic nitrogens is 1. The van der Waals surface area contributed by atoms with E-state index in [2.05, 4.69) is 27.7 Å². The van der Waals surface area contributed by atoms with Gasteiger partial charge in [-0.3, -0.25) is 20.5 Å². The molecule has 2 heterocycles. The Morgan fingerprint density at radius 1 is 1.50 bits per heavy atom. The fraction of sp³-hybridized carbons (Fsp3) is 0.571. The van der Waals surface area contributed by atoms with E-state index in [0.29, 0.717) is 18.3 Å². The van der Waals surface area contributed by atoms with Crippen molar-refractivity contribution >= 4 is 11.7 Å². The van der Waals surface area contributed by atoms with Crippen LogP contribution < -0.4 is 16.6 Å². The highest BCUT2D eigenvalue weighted by Gasteiger charge is 2.22. The van der Waals surface area contributed by atoms with Gasteiger partial charge in [-0.2, -0.15) is 0 Å². The second-order valence-corrected chi connectivity index (χ2v) is 5.36. The first kappa shape index (κ1) is 14.7. The topological polar surface area (TPSA) is 83.3 Å². The number of piperidine rings is 1. The molecule has 0 aromatic carbocycles. The van der Waals surface area contributed by atoms with Crippen molar-refractivity contribution in [3.05, 3.63) is 24.4 Å². The van der Waals surface area contributed by atoms with Gasteiger partial charge in [0, 0.05) is 12.2 Å². The summed E-state index contributed by atoms with van der Waals surface area (Å²) in [6.45, 7) is 4.34. The van der Waals surface area contributed by atoms with Crippen LogP contribution in [0.1, 0.15) is 19.8 Å². The summed E-state index contributed by atoms with van der Waals surface area (Å²) in [4.78, 5) is 18.1. The van der Waals surface area contributed by atoms with Crippen LogP contribution in [-0.4, -0.2) is 41.5 Å². The first-order valence-corrected chi connectivity index (χ1v) is 7.09. The number of hydrogen-bond acceptors (Lipinski definition) is 5. The Bertz CT molecular complexity index is 415. The van der Waals surface area contributed by atoms with Crippen molar-refractivity contribution in [3.63, 3.8) is 0 Å². The van der Waals surface area contributed by atoms with Gasteiger partial charge >= 0.3 is 0 Å². The predicted octanol–water partition coefficient (Wildman–Crippen LogP) is 0.584. The van der Waals surface area contributed by atoms with E-state index in [9.17, 15) is 4.79 Å². The number of carbonyl (C=O) groups is 1. The smallest absolute Gasteiger partial charge is 0.252 e. The summed E-state index contributed by atoms with van der Waals surface area (Å²) in [6.07, 6.45) is 3.81. The first-order chi connectivity index (χ1) is 9.65. The Balaban J connectivity index is 1.68. The number of amides is 1. The molecule has 1 aromatic rings. The van der Waals surface area contributed by atoms with Crippen molar-refractivity contribution in [3.8, 4) is 0 Å². The molecule has 6 nitrogen and oxygen atoms in total. The molecular weight excluding hydrogens is 254 g/mol. The number of rotatable bonds is 5. The third kappa shape index (κ3) is 4.47. The highest BCUT2D eigenvalue weighted by Crippen LogP contribution is 2.18. The van der Waals surface area contributed by atoms with Crippen LogP contribution >= 0.6 is 0 Å². The minimum absolute atomic E-state index is 0.0464. The SMILES string of the molecule is CC(N)C1CCN(CC(=O)NNc2ccccn2)CC1. The molecule has 4 N–H and O–H groups in total. The Kier molecular flexibility index (Phi) is 5.31. The van der Waals surface area contributed by atoms with Crippen molar-refractivity contribution < 1.29 is 4.79 Å². The van der Waals surface area contributed by atoms with E-state index >= 15 is 0 Å². The van der Waals surface area contributed by atoms with Crippen LogP contribution in [0.25, 0.3) is 0 Å². The molecule has 0 radical (unpaired) electrons. The quantitative estimate of drug-likeness (QED) is 0.686. The molecule has 0 saturated carbocycles. The molecule has 1 atom stereocenters. The average molecular weight is 277 g/mol. The van der Waals surface area contributed by atoms with E-state index in [0.717, 1.165) is 25.9 Å². The number of hydrogen-bond donors (Lipinski definition) is 3. The summed E-state index contributed by atoms with van der Waals surface area (Å²) in [7, 11) is 0. The Morgan fingerprint density at radius 2 is 2.25 bits per heavy atom. The monoisotopic (exact) mass is 277 g/mol. The third-order valence-electron chi connectivity index (χ3n) is 3.74. The maximum absolute atomic E-state index is 11.8. The minimum atomic E-state index is -0.0464. The van der Waals surface area contributed by atoms with E-state index < -0.39 is 0 Å². The van der Waals surface area contributed by atoms with Gasteiger partial charge in [0.25, 0.3) is 5.91 Å². The average Bonchev–Trinajstić information content (AvgIpc) is 2.47. The normalized spacial score (nSPS) is 18.5. The van der Waals surface area contributed by atoms with Crippen LogP contribution in [0.2, 0.25) is 0 Å². The number of nitrogens with one attached hydrogen (secondary N) is 2. The number of nitrogens with zero attached hydrogens (tertiary/aromatic N) is 2. The van der Waals surface area contributed by atoms with E-state index in [-0.39, 0.29) is 11.9 Å². The van der Waals surface area contributed by atoms with Crippen LogP contribution in [-0.2, 0) is 4.79 Å². The van der Waals surface area contributed by atoms with Gasteiger partial charge in [-0.05, 0) is 50.9 Å². The van der Waals surface area contributed by atoms with E-state index in [4.69, 9.17) is 5.73 Å². The second-order valence-electron chi connectivity index (χ2n) is 5.36. The molecule has 1 aliphatic heterocycles. The van der Waals surface area contributed by atoms with Crippen molar-refractivity contribution in [2.24, 2.45) is 11.7 Å². The van der Waals surface area contributed by atoms with Gasteiger partial charge in [0.1, 0.15) is 5.82 Å². The van der Waals surface area contributed by atoms with Crippen LogP contribution in [0.5, 0.6) is 0 Å². The summed E-state index contributed by atoms with van der Waals surface area (Å²) in [5, 5.41) is 0. The summed E-state index contributed by atoms with van der Waals surface area (Å²) >= 11 is 0. The molecule has 1 fully saturated rings. The van der Waals surface area contributed by atoms with Gasteiger partial charge in [0.15, 0.2) is 0 Å². The van der Waals surface area contributed by atoms with Crippen LogP contribution in [0, 0.1) is 5.92 Å². The van der Waals surface area contributed by atoms with Crippen molar-refractivity contribution in [1.82, 2.24) is 15.3 Å². The number of likely N-dealkylation sites (tertiary alicyclic amines) is 1. The predicted molar refractivity (Wildman–Crippen MR) is 78.8 cm³/mol. The minimum Gasteiger partial charge on any atom is -0.328 e. The fourth-order valence-corrected chi connectivity index (χ4v) is 2.45. The number of carbonyl (C=O) groups excluding carboxylic acids is 1. The lowest BCUT2D eigenvalue weighted by molar-refractivity contribution is -0.122. The van der Waals surface area contributed by atoms with Crippen molar-refractivity contribution in [2.45, 2.75) is 25.8 Å². The van der Waals surface area contributed by atoms with Gasteiger partial charge in [-0.25, -0.2) is 4.98 Å². The van der Waals surface area contributed by atoms with Crippen molar-refractivity contribution in [2.75, 3.05) is 25.1 Å². The summed E-state index contributed by atoms with van der Waals surface area (Å²) in [6, 6.07) is 5.74. The molecule has 1 aliphatic rings.